The van der Waals surface area contributed by atoms with Crippen molar-refractivity contribution in [3.8, 4) is 0 Å². The van der Waals surface area contributed by atoms with Crippen molar-refractivity contribution < 1.29 is 4.79 Å². The maximum atomic E-state index is 11.6. The van der Waals surface area contributed by atoms with Crippen molar-refractivity contribution in [2.75, 3.05) is 24.6 Å². The van der Waals surface area contributed by atoms with E-state index in [1.807, 2.05) is 0 Å². The Morgan fingerprint density at radius 2 is 2.20 bits per heavy atom. The first kappa shape index (κ1) is 9.70. The minimum Gasteiger partial charge on any atom is -0.396 e. The molecule has 1 aromatic heterocycles. The molecule has 2 rings (SSSR count). The smallest absolute Gasteiger partial charge is 0.244 e. The summed E-state index contributed by atoms with van der Waals surface area (Å²) in [4.78, 5) is 21.2. The van der Waals surface area contributed by atoms with Crippen molar-refractivity contribution in [3.63, 3.8) is 0 Å². The number of nitrogen functional groups attached to an aromatic ring is 1. The van der Waals surface area contributed by atoms with Gasteiger partial charge in [0.15, 0.2) is 0 Å². The van der Waals surface area contributed by atoms with Crippen LogP contribution in [0.15, 0.2) is 12.4 Å². The number of carbonyl (C=O) groups excluding carboxylic acids is 1. The van der Waals surface area contributed by atoms with E-state index in [0.717, 1.165) is 13.0 Å². The Morgan fingerprint density at radius 3 is 2.73 bits per heavy atom. The minimum absolute atomic E-state index is 0.0791. The van der Waals surface area contributed by atoms with Crippen LogP contribution in [0.1, 0.15) is 6.42 Å². The summed E-state index contributed by atoms with van der Waals surface area (Å²) < 4.78 is 0. The van der Waals surface area contributed by atoms with Crippen molar-refractivity contribution in [1.29, 1.82) is 0 Å². The summed E-state index contributed by atoms with van der Waals surface area (Å²) in [5, 5.41) is 2.98. The number of anilines is 2. The van der Waals surface area contributed by atoms with Gasteiger partial charge in [-0.25, -0.2) is 9.97 Å². The topological polar surface area (TPSA) is 84.1 Å². The summed E-state index contributed by atoms with van der Waals surface area (Å²) in [6, 6.07) is -0.210. The first-order valence-electron chi connectivity index (χ1n) is 4.76. The first-order valence-corrected chi connectivity index (χ1v) is 4.76. The Bertz CT molecular complexity index is 363. The monoisotopic (exact) mass is 207 g/mol. The second-order valence-corrected chi connectivity index (χ2v) is 3.59. The van der Waals surface area contributed by atoms with E-state index in [9.17, 15) is 4.79 Å². The Kier molecular flexibility index (Phi) is 2.40. The van der Waals surface area contributed by atoms with E-state index in [0.29, 0.717) is 11.6 Å². The lowest BCUT2D eigenvalue weighted by Gasteiger charge is -2.11. The van der Waals surface area contributed by atoms with Gasteiger partial charge in [0.25, 0.3) is 0 Å². The number of rotatable bonds is 2. The molecule has 1 aliphatic rings. The van der Waals surface area contributed by atoms with Crippen LogP contribution >= 0.6 is 0 Å². The van der Waals surface area contributed by atoms with Crippen LogP contribution in [0.3, 0.4) is 0 Å². The summed E-state index contributed by atoms with van der Waals surface area (Å²) >= 11 is 0. The number of amides is 1. The number of aromatic nitrogens is 2. The molecule has 1 aromatic rings. The highest BCUT2D eigenvalue weighted by atomic mass is 16.2. The Morgan fingerprint density at radius 1 is 1.53 bits per heavy atom. The zero-order chi connectivity index (χ0) is 10.8. The van der Waals surface area contributed by atoms with Gasteiger partial charge in [0, 0.05) is 13.6 Å². The molecular weight excluding hydrogens is 194 g/mol. The molecule has 15 heavy (non-hydrogen) atoms. The molecular formula is C9H13N5O. The van der Waals surface area contributed by atoms with Crippen molar-refractivity contribution in [2.45, 2.75) is 12.5 Å². The van der Waals surface area contributed by atoms with E-state index >= 15 is 0 Å². The molecule has 1 amide bonds. The van der Waals surface area contributed by atoms with Crippen LogP contribution in [0, 0.1) is 0 Å². The van der Waals surface area contributed by atoms with Gasteiger partial charge in [-0.1, -0.05) is 0 Å². The first-order chi connectivity index (χ1) is 7.16. The highest BCUT2D eigenvalue weighted by molar-refractivity contribution is 5.86. The number of carbonyl (C=O) groups is 1. The molecule has 2 heterocycles. The van der Waals surface area contributed by atoms with Gasteiger partial charge < -0.3 is 16.0 Å². The van der Waals surface area contributed by atoms with E-state index in [4.69, 9.17) is 5.73 Å². The summed E-state index contributed by atoms with van der Waals surface area (Å²) in [6.45, 7) is 0.769. The summed E-state index contributed by atoms with van der Waals surface area (Å²) in [6.07, 6.45) is 3.81. The molecule has 6 heteroatoms. The van der Waals surface area contributed by atoms with Crippen LogP contribution in [0.4, 0.5) is 11.6 Å². The van der Waals surface area contributed by atoms with Gasteiger partial charge in [0.05, 0.1) is 18.1 Å². The number of hydrogen-bond donors (Lipinski definition) is 2. The second kappa shape index (κ2) is 3.72. The third-order valence-electron chi connectivity index (χ3n) is 2.40. The number of likely N-dealkylation sites (N-methyl/N-ethyl adjacent to an activating group) is 1. The highest BCUT2D eigenvalue weighted by Gasteiger charge is 2.29. The molecule has 0 bridgehead atoms. The van der Waals surface area contributed by atoms with Crippen LogP contribution in [0.25, 0.3) is 0 Å². The Balaban J connectivity index is 2.03. The van der Waals surface area contributed by atoms with Crippen molar-refractivity contribution in [1.82, 2.24) is 14.9 Å². The zero-order valence-electron chi connectivity index (χ0n) is 8.47. The molecule has 3 N–H and O–H groups in total. The lowest BCUT2D eigenvalue weighted by atomic mass is 10.2. The van der Waals surface area contributed by atoms with Crippen LogP contribution in [-0.4, -0.2) is 40.4 Å². The maximum absolute atomic E-state index is 11.6. The standard InChI is InChI=1S/C9H13N5O/c1-14-3-2-7(8(14)15)13-9-11-4-6(10)5-12-9/h4-5,7H,2-3,10H2,1H3,(H,11,12,13). The molecule has 0 radical (unpaired) electrons. The molecule has 0 saturated carbocycles. The summed E-state index contributed by atoms with van der Waals surface area (Å²) in [7, 11) is 1.79. The number of nitrogens with one attached hydrogen (secondary N) is 1. The average molecular weight is 207 g/mol. The number of hydrogen-bond acceptors (Lipinski definition) is 5. The minimum atomic E-state index is -0.210. The van der Waals surface area contributed by atoms with Gasteiger partial charge in [0.2, 0.25) is 11.9 Å². The third-order valence-corrected chi connectivity index (χ3v) is 2.40. The van der Waals surface area contributed by atoms with E-state index < -0.39 is 0 Å². The molecule has 1 unspecified atom stereocenters. The molecule has 1 fully saturated rings. The van der Waals surface area contributed by atoms with E-state index in [2.05, 4.69) is 15.3 Å². The fraction of sp³-hybridized carbons (Fsp3) is 0.444. The quantitative estimate of drug-likeness (QED) is 0.695. The normalized spacial score (nSPS) is 20.7. The van der Waals surface area contributed by atoms with Crippen LogP contribution in [0.5, 0.6) is 0 Å². The number of likely N-dealkylation sites (tertiary alicyclic amines) is 1. The molecule has 0 aliphatic carbocycles. The Labute approximate surface area is 87.5 Å². The molecule has 80 valence electrons. The zero-order valence-corrected chi connectivity index (χ0v) is 8.47. The highest BCUT2D eigenvalue weighted by Crippen LogP contribution is 2.13. The van der Waals surface area contributed by atoms with Gasteiger partial charge in [-0.05, 0) is 6.42 Å². The average Bonchev–Trinajstić information content (AvgIpc) is 2.53. The van der Waals surface area contributed by atoms with E-state index in [-0.39, 0.29) is 11.9 Å². The van der Waals surface area contributed by atoms with Crippen LogP contribution < -0.4 is 11.1 Å². The lowest BCUT2D eigenvalue weighted by molar-refractivity contribution is -0.127. The Hall–Kier alpha value is -1.85. The van der Waals surface area contributed by atoms with Crippen molar-refractivity contribution >= 4 is 17.5 Å². The predicted octanol–water partition coefficient (Wildman–Crippen LogP) is -0.299. The molecule has 1 atom stereocenters. The lowest BCUT2D eigenvalue weighted by Crippen LogP contribution is -2.31. The van der Waals surface area contributed by atoms with Gasteiger partial charge in [-0.2, -0.15) is 0 Å². The third kappa shape index (κ3) is 1.98. The van der Waals surface area contributed by atoms with Crippen molar-refractivity contribution in [3.05, 3.63) is 12.4 Å². The number of nitrogens with two attached hydrogens (primary N) is 1. The fourth-order valence-corrected chi connectivity index (χ4v) is 1.52. The van der Waals surface area contributed by atoms with Crippen LogP contribution in [0.2, 0.25) is 0 Å². The van der Waals surface area contributed by atoms with Crippen molar-refractivity contribution in [2.24, 2.45) is 0 Å². The summed E-state index contributed by atoms with van der Waals surface area (Å²) in [5.41, 5.74) is 5.97. The maximum Gasteiger partial charge on any atom is 0.244 e. The largest absolute Gasteiger partial charge is 0.396 e. The van der Waals surface area contributed by atoms with Gasteiger partial charge >= 0.3 is 0 Å². The van der Waals surface area contributed by atoms with E-state index in [1.165, 1.54) is 12.4 Å². The van der Waals surface area contributed by atoms with Gasteiger partial charge in [0.1, 0.15) is 6.04 Å². The molecule has 1 saturated heterocycles. The van der Waals surface area contributed by atoms with E-state index in [1.54, 1.807) is 11.9 Å². The van der Waals surface area contributed by atoms with Gasteiger partial charge in [-0.3, -0.25) is 4.79 Å². The second-order valence-electron chi connectivity index (χ2n) is 3.59. The fourth-order valence-electron chi connectivity index (χ4n) is 1.52. The molecule has 0 spiro atoms. The SMILES string of the molecule is CN1CCC(Nc2ncc(N)cn2)C1=O. The molecule has 1 aliphatic heterocycles. The number of nitrogens with zero attached hydrogens (tertiary/aromatic N) is 3. The molecule has 6 nitrogen and oxygen atoms in total. The van der Waals surface area contributed by atoms with Crippen LogP contribution in [-0.2, 0) is 4.79 Å². The molecule has 0 aromatic carbocycles. The van der Waals surface area contributed by atoms with Gasteiger partial charge in [-0.15, -0.1) is 0 Å². The summed E-state index contributed by atoms with van der Waals surface area (Å²) in [5.74, 6) is 0.522. The predicted molar refractivity (Wildman–Crippen MR) is 56.1 cm³/mol.